The van der Waals surface area contributed by atoms with Crippen molar-refractivity contribution in [3.8, 4) is 22.6 Å². The number of benzene rings is 2. The van der Waals surface area contributed by atoms with Crippen LogP contribution in [0.25, 0.3) is 11.1 Å². The minimum absolute atomic E-state index is 0.416. The molecule has 0 saturated carbocycles. The molecule has 0 atom stereocenters. The molecule has 116 valence electrons. The molecule has 0 aliphatic heterocycles. The maximum atomic E-state index is 12.1. The second-order valence-electron chi connectivity index (χ2n) is 4.57. The first-order valence-electron chi connectivity index (χ1n) is 6.64. The van der Waals surface area contributed by atoms with Crippen molar-refractivity contribution in [1.29, 1.82) is 0 Å². The van der Waals surface area contributed by atoms with Crippen LogP contribution in [0.4, 0.5) is 0 Å². The number of hydrogen-bond donors (Lipinski definition) is 0. The molecule has 22 heavy (non-hydrogen) atoms. The molecule has 0 aliphatic rings. The van der Waals surface area contributed by atoms with Crippen molar-refractivity contribution < 1.29 is 19.0 Å². The van der Waals surface area contributed by atoms with Crippen LogP contribution in [0, 0.1) is 0 Å². The Labute approximate surface area is 138 Å². The maximum Gasteiger partial charge on any atom is 0.338 e. The molecule has 0 N–H and O–H groups in total. The Bertz CT molecular complexity index is 682. The SMILES string of the molecule is COC(=O)c1cc(OC)ccc1-c1ccc(CBr)cc1OC. The van der Waals surface area contributed by atoms with Crippen LogP contribution in [0.3, 0.4) is 0 Å². The van der Waals surface area contributed by atoms with Gasteiger partial charge in [-0.05, 0) is 29.8 Å². The maximum absolute atomic E-state index is 12.1. The van der Waals surface area contributed by atoms with E-state index in [-0.39, 0.29) is 0 Å². The molecule has 0 bridgehead atoms. The number of rotatable bonds is 5. The number of methoxy groups -OCH3 is 3. The van der Waals surface area contributed by atoms with Gasteiger partial charge in [0.2, 0.25) is 0 Å². The minimum atomic E-state index is -0.416. The summed E-state index contributed by atoms with van der Waals surface area (Å²) < 4.78 is 15.5. The smallest absolute Gasteiger partial charge is 0.338 e. The van der Waals surface area contributed by atoms with Gasteiger partial charge < -0.3 is 14.2 Å². The van der Waals surface area contributed by atoms with E-state index in [1.165, 1.54) is 7.11 Å². The Hall–Kier alpha value is -2.01. The van der Waals surface area contributed by atoms with E-state index < -0.39 is 5.97 Å². The first kappa shape index (κ1) is 16.4. The van der Waals surface area contributed by atoms with E-state index in [0.29, 0.717) is 17.1 Å². The van der Waals surface area contributed by atoms with Gasteiger partial charge in [-0.1, -0.05) is 28.1 Å². The Morgan fingerprint density at radius 2 is 1.73 bits per heavy atom. The molecule has 2 aromatic rings. The third-order valence-electron chi connectivity index (χ3n) is 3.34. The fourth-order valence-electron chi connectivity index (χ4n) is 2.21. The summed E-state index contributed by atoms with van der Waals surface area (Å²) in [7, 11) is 4.52. The summed E-state index contributed by atoms with van der Waals surface area (Å²) in [6.45, 7) is 0. The Kier molecular flexibility index (Phi) is 5.44. The number of carbonyl (C=O) groups is 1. The third-order valence-corrected chi connectivity index (χ3v) is 3.99. The van der Waals surface area contributed by atoms with E-state index in [2.05, 4.69) is 15.9 Å². The molecule has 2 rings (SSSR count). The van der Waals surface area contributed by atoms with Crippen LogP contribution in [0.5, 0.6) is 11.5 Å². The lowest BCUT2D eigenvalue weighted by Crippen LogP contribution is -2.05. The van der Waals surface area contributed by atoms with Crippen LogP contribution in [-0.4, -0.2) is 27.3 Å². The predicted molar refractivity (Wildman–Crippen MR) is 89.0 cm³/mol. The number of halogens is 1. The normalized spacial score (nSPS) is 10.2. The van der Waals surface area contributed by atoms with Crippen molar-refractivity contribution in [3.05, 3.63) is 47.5 Å². The minimum Gasteiger partial charge on any atom is -0.497 e. The number of hydrogen-bond acceptors (Lipinski definition) is 4. The van der Waals surface area contributed by atoms with E-state index in [0.717, 1.165) is 22.0 Å². The molecule has 0 spiro atoms. The highest BCUT2D eigenvalue weighted by molar-refractivity contribution is 9.08. The van der Waals surface area contributed by atoms with Crippen LogP contribution in [0.15, 0.2) is 36.4 Å². The van der Waals surface area contributed by atoms with Crippen molar-refractivity contribution in [1.82, 2.24) is 0 Å². The highest BCUT2D eigenvalue weighted by Gasteiger charge is 2.17. The zero-order valence-electron chi connectivity index (χ0n) is 12.7. The van der Waals surface area contributed by atoms with E-state index in [1.807, 2.05) is 24.3 Å². The van der Waals surface area contributed by atoms with E-state index in [1.54, 1.807) is 26.4 Å². The molecule has 0 unspecified atom stereocenters. The van der Waals surface area contributed by atoms with Crippen LogP contribution in [-0.2, 0) is 10.1 Å². The van der Waals surface area contributed by atoms with Gasteiger partial charge in [-0.3, -0.25) is 0 Å². The van der Waals surface area contributed by atoms with Gasteiger partial charge in [0.1, 0.15) is 11.5 Å². The van der Waals surface area contributed by atoms with E-state index in [9.17, 15) is 4.79 Å². The topological polar surface area (TPSA) is 44.8 Å². The average Bonchev–Trinajstić information content (AvgIpc) is 2.59. The van der Waals surface area contributed by atoms with Crippen LogP contribution >= 0.6 is 15.9 Å². The van der Waals surface area contributed by atoms with E-state index in [4.69, 9.17) is 14.2 Å². The Balaban J connectivity index is 2.63. The molecule has 0 aliphatic carbocycles. The number of alkyl halides is 1. The van der Waals surface area contributed by atoms with Crippen LogP contribution in [0.2, 0.25) is 0 Å². The fraction of sp³-hybridized carbons (Fsp3) is 0.235. The molecule has 2 aromatic carbocycles. The molecule has 4 nitrogen and oxygen atoms in total. The summed E-state index contributed by atoms with van der Waals surface area (Å²) in [6, 6.07) is 11.2. The van der Waals surface area contributed by atoms with Crippen molar-refractivity contribution in [2.75, 3.05) is 21.3 Å². The third kappa shape index (κ3) is 3.25. The molecular weight excluding hydrogens is 348 g/mol. The lowest BCUT2D eigenvalue weighted by atomic mass is 9.97. The van der Waals surface area contributed by atoms with Gasteiger partial charge in [0, 0.05) is 16.5 Å². The highest BCUT2D eigenvalue weighted by atomic mass is 79.9. The molecule has 0 amide bonds. The lowest BCUT2D eigenvalue weighted by molar-refractivity contribution is 0.0601. The van der Waals surface area contributed by atoms with Gasteiger partial charge in [-0.2, -0.15) is 0 Å². The predicted octanol–water partition coefficient (Wildman–Crippen LogP) is 4.05. The molecule has 0 aromatic heterocycles. The largest absolute Gasteiger partial charge is 0.497 e. The molecule has 0 radical (unpaired) electrons. The number of esters is 1. The monoisotopic (exact) mass is 364 g/mol. The van der Waals surface area contributed by atoms with Gasteiger partial charge >= 0.3 is 5.97 Å². The zero-order valence-corrected chi connectivity index (χ0v) is 14.3. The van der Waals surface area contributed by atoms with Gasteiger partial charge in [-0.25, -0.2) is 4.79 Å². The molecule has 0 heterocycles. The van der Waals surface area contributed by atoms with Crippen molar-refractivity contribution in [2.24, 2.45) is 0 Å². The summed E-state index contributed by atoms with van der Waals surface area (Å²) in [4.78, 5) is 12.1. The Morgan fingerprint density at radius 1 is 1.00 bits per heavy atom. The van der Waals surface area contributed by atoms with Gasteiger partial charge in [0.25, 0.3) is 0 Å². The highest BCUT2D eigenvalue weighted by Crippen LogP contribution is 2.35. The first-order chi connectivity index (χ1) is 10.6. The summed E-state index contributed by atoms with van der Waals surface area (Å²) >= 11 is 3.42. The Morgan fingerprint density at radius 3 is 2.32 bits per heavy atom. The van der Waals surface area contributed by atoms with Gasteiger partial charge in [-0.15, -0.1) is 0 Å². The first-order valence-corrected chi connectivity index (χ1v) is 7.76. The average molecular weight is 365 g/mol. The zero-order chi connectivity index (χ0) is 16.1. The van der Waals surface area contributed by atoms with Gasteiger partial charge in [0.15, 0.2) is 0 Å². The van der Waals surface area contributed by atoms with Gasteiger partial charge in [0.05, 0.1) is 26.9 Å². The van der Waals surface area contributed by atoms with Crippen molar-refractivity contribution >= 4 is 21.9 Å². The molecule has 0 saturated heterocycles. The molecule has 5 heteroatoms. The summed E-state index contributed by atoms with van der Waals surface area (Å²) in [5, 5.41) is 0.732. The van der Waals surface area contributed by atoms with Crippen molar-refractivity contribution in [3.63, 3.8) is 0 Å². The molecule has 0 fully saturated rings. The summed E-state index contributed by atoms with van der Waals surface area (Å²) in [5.74, 6) is 0.882. The number of carbonyl (C=O) groups excluding carboxylic acids is 1. The standard InChI is InChI=1S/C17H17BrO4/c1-20-12-5-7-13(15(9-12)17(19)22-3)14-6-4-11(10-18)8-16(14)21-2/h4-9H,10H2,1-3H3. The van der Waals surface area contributed by atoms with Crippen LogP contribution < -0.4 is 9.47 Å². The quantitative estimate of drug-likeness (QED) is 0.592. The van der Waals surface area contributed by atoms with E-state index >= 15 is 0 Å². The molecular formula is C17H17BrO4. The number of ether oxygens (including phenoxy) is 3. The van der Waals surface area contributed by atoms with Crippen molar-refractivity contribution in [2.45, 2.75) is 5.33 Å². The fourth-order valence-corrected chi connectivity index (χ4v) is 2.55. The second-order valence-corrected chi connectivity index (χ2v) is 5.13. The summed E-state index contributed by atoms with van der Waals surface area (Å²) in [6.07, 6.45) is 0. The second kappa shape index (κ2) is 7.31. The summed E-state index contributed by atoms with van der Waals surface area (Å²) in [5.41, 5.74) is 3.10. The lowest BCUT2D eigenvalue weighted by Gasteiger charge is -2.14. The van der Waals surface area contributed by atoms with Crippen LogP contribution in [0.1, 0.15) is 15.9 Å².